The molecular weight excluding hydrogens is 314 g/mol. The standard InChI is InChI=1S/C14H15BrClNO/c15-12-6-9(4-5-13(12)16)14(18)17-7-10-2-1-3-11(10)8-17/h4-6,10-11H,1-3,7-8H2. The van der Waals surface area contributed by atoms with Crippen molar-refractivity contribution in [3.05, 3.63) is 33.3 Å². The Bertz CT molecular complexity index is 479. The number of benzene rings is 1. The van der Waals surface area contributed by atoms with Crippen molar-refractivity contribution in [2.75, 3.05) is 13.1 Å². The minimum absolute atomic E-state index is 0.141. The van der Waals surface area contributed by atoms with Crippen LogP contribution in [0.3, 0.4) is 0 Å². The number of rotatable bonds is 1. The second kappa shape index (κ2) is 4.86. The van der Waals surface area contributed by atoms with Crippen LogP contribution in [0.4, 0.5) is 0 Å². The number of hydrogen-bond acceptors (Lipinski definition) is 1. The summed E-state index contributed by atoms with van der Waals surface area (Å²) >= 11 is 9.32. The summed E-state index contributed by atoms with van der Waals surface area (Å²) in [5.41, 5.74) is 0.728. The second-order valence-corrected chi connectivity index (χ2v) is 6.55. The highest BCUT2D eigenvalue weighted by Crippen LogP contribution is 2.38. The average Bonchev–Trinajstić information content (AvgIpc) is 2.92. The summed E-state index contributed by atoms with van der Waals surface area (Å²) in [5, 5.41) is 0.643. The fraction of sp³-hybridized carbons (Fsp3) is 0.500. The van der Waals surface area contributed by atoms with Crippen molar-refractivity contribution < 1.29 is 4.79 Å². The van der Waals surface area contributed by atoms with E-state index >= 15 is 0 Å². The molecule has 2 aliphatic rings. The fourth-order valence-corrected chi connectivity index (χ4v) is 3.71. The van der Waals surface area contributed by atoms with Gasteiger partial charge in [-0.1, -0.05) is 18.0 Å². The Morgan fingerprint density at radius 3 is 2.56 bits per heavy atom. The van der Waals surface area contributed by atoms with Crippen molar-refractivity contribution in [2.24, 2.45) is 11.8 Å². The van der Waals surface area contributed by atoms with Crippen molar-refractivity contribution in [2.45, 2.75) is 19.3 Å². The zero-order valence-corrected chi connectivity index (χ0v) is 12.4. The second-order valence-electron chi connectivity index (χ2n) is 5.29. The summed E-state index contributed by atoms with van der Waals surface area (Å²) in [6.45, 7) is 1.87. The third-order valence-corrected chi connectivity index (χ3v) is 5.39. The van der Waals surface area contributed by atoms with Gasteiger partial charge in [0.15, 0.2) is 0 Å². The zero-order chi connectivity index (χ0) is 12.7. The topological polar surface area (TPSA) is 20.3 Å². The molecule has 3 rings (SSSR count). The van der Waals surface area contributed by atoms with Gasteiger partial charge in [0, 0.05) is 23.1 Å². The van der Waals surface area contributed by atoms with Crippen LogP contribution in [0, 0.1) is 11.8 Å². The number of nitrogens with zero attached hydrogens (tertiary/aromatic N) is 1. The molecule has 2 atom stereocenters. The van der Waals surface area contributed by atoms with Gasteiger partial charge in [-0.25, -0.2) is 0 Å². The van der Waals surface area contributed by atoms with Gasteiger partial charge in [-0.15, -0.1) is 0 Å². The third-order valence-electron chi connectivity index (χ3n) is 4.18. The van der Waals surface area contributed by atoms with Crippen molar-refractivity contribution in [1.29, 1.82) is 0 Å². The molecule has 0 spiro atoms. The number of halogens is 2. The molecular formula is C14H15BrClNO. The van der Waals surface area contributed by atoms with Crippen molar-refractivity contribution in [3.8, 4) is 0 Å². The highest BCUT2D eigenvalue weighted by atomic mass is 79.9. The Kier molecular flexibility index (Phi) is 3.37. The first-order valence-corrected chi connectivity index (χ1v) is 7.56. The normalized spacial score (nSPS) is 26.4. The molecule has 0 radical (unpaired) electrons. The lowest BCUT2D eigenvalue weighted by Gasteiger charge is -2.17. The van der Waals surface area contributed by atoms with Crippen LogP contribution in [0.1, 0.15) is 29.6 Å². The van der Waals surface area contributed by atoms with Gasteiger partial charge in [-0.05, 0) is 58.8 Å². The molecule has 18 heavy (non-hydrogen) atoms. The molecule has 2 nitrogen and oxygen atoms in total. The van der Waals surface area contributed by atoms with Gasteiger partial charge in [0.1, 0.15) is 0 Å². The van der Waals surface area contributed by atoms with Crippen LogP contribution in [-0.2, 0) is 0 Å². The lowest BCUT2D eigenvalue weighted by molar-refractivity contribution is 0.0780. The Morgan fingerprint density at radius 1 is 1.28 bits per heavy atom. The van der Waals surface area contributed by atoms with E-state index in [1.807, 2.05) is 17.0 Å². The lowest BCUT2D eigenvalue weighted by Crippen LogP contribution is -2.29. The van der Waals surface area contributed by atoms with Crippen LogP contribution in [-0.4, -0.2) is 23.9 Å². The van der Waals surface area contributed by atoms with Gasteiger partial charge < -0.3 is 4.90 Å². The molecule has 96 valence electrons. The van der Waals surface area contributed by atoms with Gasteiger partial charge in [0.25, 0.3) is 5.91 Å². The number of carbonyl (C=O) groups is 1. The number of amides is 1. The van der Waals surface area contributed by atoms with Gasteiger partial charge in [0.05, 0.1) is 5.02 Å². The van der Waals surface area contributed by atoms with Crippen LogP contribution >= 0.6 is 27.5 Å². The average molecular weight is 329 g/mol. The van der Waals surface area contributed by atoms with Gasteiger partial charge in [-0.2, -0.15) is 0 Å². The van der Waals surface area contributed by atoms with E-state index in [2.05, 4.69) is 15.9 Å². The molecule has 2 fully saturated rings. The summed E-state index contributed by atoms with van der Waals surface area (Å²) in [6, 6.07) is 5.40. The maximum atomic E-state index is 12.4. The van der Waals surface area contributed by atoms with Crippen LogP contribution in [0.15, 0.2) is 22.7 Å². The third kappa shape index (κ3) is 2.19. The monoisotopic (exact) mass is 327 g/mol. The van der Waals surface area contributed by atoms with E-state index in [-0.39, 0.29) is 5.91 Å². The molecule has 1 amide bonds. The predicted molar refractivity (Wildman–Crippen MR) is 75.9 cm³/mol. The molecule has 1 aliphatic carbocycles. The highest BCUT2D eigenvalue weighted by Gasteiger charge is 2.38. The van der Waals surface area contributed by atoms with Crippen molar-refractivity contribution >= 4 is 33.4 Å². The fourth-order valence-electron chi connectivity index (χ4n) is 3.21. The molecule has 1 aliphatic heterocycles. The van der Waals surface area contributed by atoms with E-state index < -0.39 is 0 Å². The molecule has 2 unspecified atom stereocenters. The minimum atomic E-state index is 0.141. The number of hydrogen-bond donors (Lipinski definition) is 0. The molecule has 0 aromatic heterocycles. The van der Waals surface area contributed by atoms with E-state index in [0.717, 1.165) is 35.0 Å². The summed E-state index contributed by atoms with van der Waals surface area (Å²) in [5.74, 6) is 1.62. The molecule has 1 saturated carbocycles. The minimum Gasteiger partial charge on any atom is -0.338 e. The number of carbonyl (C=O) groups excluding carboxylic acids is 1. The van der Waals surface area contributed by atoms with E-state index in [9.17, 15) is 4.79 Å². The Morgan fingerprint density at radius 2 is 1.94 bits per heavy atom. The summed E-state index contributed by atoms with van der Waals surface area (Å²) < 4.78 is 0.786. The predicted octanol–water partition coefficient (Wildman–Crippen LogP) is 3.97. The van der Waals surface area contributed by atoms with Crippen LogP contribution in [0.2, 0.25) is 5.02 Å². The molecule has 0 N–H and O–H groups in total. The molecule has 1 saturated heterocycles. The number of likely N-dealkylation sites (tertiary alicyclic amines) is 1. The molecule has 0 bridgehead atoms. The van der Waals surface area contributed by atoms with Crippen LogP contribution < -0.4 is 0 Å². The van der Waals surface area contributed by atoms with E-state index in [4.69, 9.17) is 11.6 Å². The first-order chi connectivity index (χ1) is 8.65. The van der Waals surface area contributed by atoms with E-state index in [1.54, 1.807) is 6.07 Å². The van der Waals surface area contributed by atoms with E-state index in [0.29, 0.717) is 5.02 Å². The summed E-state index contributed by atoms with van der Waals surface area (Å²) in [4.78, 5) is 14.4. The first-order valence-electron chi connectivity index (χ1n) is 6.39. The Balaban J connectivity index is 1.77. The zero-order valence-electron chi connectivity index (χ0n) is 10.0. The summed E-state index contributed by atoms with van der Waals surface area (Å²) in [6.07, 6.45) is 3.92. The van der Waals surface area contributed by atoms with Crippen LogP contribution in [0.5, 0.6) is 0 Å². The molecule has 1 aromatic rings. The van der Waals surface area contributed by atoms with Crippen molar-refractivity contribution in [3.63, 3.8) is 0 Å². The Labute approximate surface area is 120 Å². The first kappa shape index (κ1) is 12.5. The Hall–Kier alpha value is -0.540. The van der Waals surface area contributed by atoms with Gasteiger partial charge >= 0.3 is 0 Å². The maximum Gasteiger partial charge on any atom is 0.253 e. The maximum absolute atomic E-state index is 12.4. The van der Waals surface area contributed by atoms with Crippen LogP contribution in [0.25, 0.3) is 0 Å². The lowest BCUT2D eigenvalue weighted by atomic mass is 10.0. The number of fused-ring (bicyclic) bond motifs is 1. The van der Waals surface area contributed by atoms with Gasteiger partial charge in [-0.3, -0.25) is 4.79 Å². The molecule has 1 aromatic carbocycles. The molecule has 4 heteroatoms. The summed E-state index contributed by atoms with van der Waals surface area (Å²) in [7, 11) is 0. The smallest absolute Gasteiger partial charge is 0.253 e. The van der Waals surface area contributed by atoms with Crippen molar-refractivity contribution in [1.82, 2.24) is 4.90 Å². The quantitative estimate of drug-likeness (QED) is 0.764. The molecule has 1 heterocycles. The highest BCUT2D eigenvalue weighted by molar-refractivity contribution is 9.10. The SMILES string of the molecule is O=C(c1ccc(Cl)c(Br)c1)N1CC2CCCC2C1. The van der Waals surface area contributed by atoms with E-state index in [1.165, 1.54) is 19.3 Å². The van der Waals surface area contributed by atoms with Gasteiger partial charge in [0.2, 0.25) is 0 Å². The largest absolute Gasteiger partial charge is 0.338 e.